The summed E-state index contributed by atoms with van der Waals surface area (Å²) in [5, 5.41) is 0.575. The van der Waals surface area contributed by atoms with Crippen LogP contribution >= 0.6 is 11.6 Å². The molecule has 0 saturated carbocycles. The fourth-order valence-corrected chi connectivity index (χ4v) is 2.99. The Morgan fingerprint density at radius 2 is 1.74 bits per heavy atom. The van der Waals surface area contributed by atoms with Crippen LogP contribution in [0.4, 0.5) is 5.69 Å². The number of benzene rings is 3. The molecule has 0 aliphatic heterocycles. The third kappa shape index (κ3) is 3.52. The summed E-state index contributed by atoms with van der Waals surface area (Å²) in [6, 6.07) is 22.2. The monoisotopic (exact) mass is 373 g/mol. The number of carbonyl (C=O) groups excluding carboxylic acids is 1. The van der Waals surface area contributed by atoms with Crippen LogP contribution in [0.1, 0.15) is 15.9 Å². The molecule has 4 rings (SSSR count). The lowest BCUT2D eigenvalue weighted by Gasteiger charge is -2.09. The summed E-state index contributed by atoms with van der Waals surface area (Å²) in [4.78, 5) is 22.3. The van der Waals surface area contributed by atoms with Crippen LogP contribution in [0.15, 0.2) is 84.1 Å². The van der Waals surface area contributed by atoms with Crippen LogP contribution in [-0.2, 0) is 0 Å². The van der Waals surface area contributed by atoms with Gasteiger partial charge in [0.05, 0.1) is 16.7 Å². The normalized spacial score (nSPS) is 11.7. The molecule has 27 heavy (non-hydrogen) atoms. The van der Waals surface area contributed by atoms with Crippen LogP contribution < -0.4 is 0 Å². The molecule has 5 heteroatoms. The quantitative estimate of drug-likeness (QED) is 0.272. The van der Waals surface area contributed by atoms with Crippen LogP contribution in [0.2, 0.25) is 5.02 Å². The largest absolute Gasteiger partial charge is 0.285 e. The Kier molecular flexibility index (Phi) is 4.57. The third-order valence-electron chi connectivity index (χ3n) is 4.25. The fourth-order valence-electron chi connectivity index (χ4n) is 2.82. The number of halogens is 1. The van der Waals surface area contributed by atoms with E-state index in [2.05, 4.69) is 9.98 Å². The molecule has 1 aromatic heterocycles. The molecule has 132 valence electrons. The molecule has 0 spiro atoms. The lowest BCUT2D eigenvalue weighted by atomic mass is 10.1. The Labute approximate surface area is 161 Å². The standard InChI is InChI=1S/C22H16ClN3O/c1-15-7-10-18(11-8-15)25-22(21(27)16-5-3-2-4-6-16)26-14-24-19-12-9-17(23)13-20(19)26/h2-14H,1H3. The molecule has 4 nitrogen and oxygen atoms in total. The van der Waals surface area contributed by atoms with Crippen molar-refractivity contribution < 1.29 is 4.79 Å². The Morgan fingerprint density at radius 3 is 2.48 bits per heavy atom. The zero-order valence-corrected chi connectivity index (χ0v) is 15.4. The first-order valence-electron chi connectivity index (χ1n) is 8.50. The Balaban J connectivity index is 1.91. The highest BCUT2D eigenvalue weighted by molar-refractivity contribution is 6.47. The number of Topliss-reactive ketones (excluding diaryl/α,β-unsaturated/α-hetero) is 1. The predicted octanol–water partition coefficient (Wildman–Crippen LogP) is 5.46. The van der Waals surface area contributed by atoms with Crippen molar-refractivity contribution in [1.82, 2.24) is 9.55 Å². The van der Waals surface area contributed by atoms with E-state index in [9.17, 15) is 4.79 Å². The summed E-state index contributed by atoms with van der Waals surface area (Å²) >= 11 is 6.16. The summed E-state index contributed by atoms with van der Waals surface area (Å²) in [5.74, 6) is 0.0882. The van der Waals surface area contributed by atoms with E-state index in [1.54, 1.807) is 35.2 Å². The van der Waals surface area contributed by atoms with Gasteiger partial charge in [0, 0.05) is 10.6 Å². The molecule has 1 heterocycles. The van der Waals surface area contributed by atoms with Gasteiger partial charge >= 0.3 is 0 Å². The number of carbonyl (C=O) groups is 1. The predicted molar refractivity (Wildman–Crippen MR) is 109 cm³/mol. The SMILES string of the molecule is Cc1ccc(N=C(C(=O)c2ccccc2)n2cnc3ccc(Cl)cc32)cc1. The topological polar surface area (TPSA) is 47.2 Å². The average molecular weight is 374 g/mol. The maximum atomic E-state index is 13.2. The molecule has 0 radical (unpaired) electrons. The third-order valence-corrected chi connectivity index (χ3v) is 4.48. The Morgan fingerprint density at radius 1 is 1.00 bits per heavy atom. The molecule has 0 amide bonds. The second kappa shape index (κ2) is 7.17. The number of aryl methyl sites for hydroxylation is 1. The first-order valence-corrected chi connectivity index (χ1v) is 8.88. The van der Waals surface area contributed by atoms with Crippen molar-refractivity contribution in [3.05, 3.63) is 95.3 Å². The van der Waals surface area contributed by atoms with Gasteiger partial charge in [-0.2, -0.15) is 0 Å². The van der Waals surface area contributed by atoms with Crippen LogP contribution in [0.3, 0.4) is 0 Å². The first kappa shape index (κ1) is 17.2. The summed E-state index contributed by atoms with van der Waals surface area (Å²) in [6.45, 7) is 2.01. The van der Waals surface area contributed by atoms with E-state index in [-0.39, 0.29) is 11.6 Å². The minimum Gasteiger partial charge on any atom is -0.285 e. The molecule has 0 unspecified atom stereocenters. The smallest absolute Gasteiger partial charge is 0.228 e. The van der Waals surface area contributed by atoms with Gasteiger partial charge in [0.15, 0.2) is 5.84 Å². The highest BCUT2D eigenvalue weighted by Crippen LogP contribution is 2.21. The van der Waals surface area contributed by atoms with Gasteiger partial charge in [-0.3, -0.25) is 9.36 Å². The molecule has 0 atom stereocenters. The molecule has 3 aromatic carbocycles. The molecular weight excluding hydrogens is 358 g/mol. The number of ketones is 1. The van der Waals surface area contributed by atoms with Crippen molar-refractivity contribution >= 4 is 39.9 Å². The zero-order chi connectivity index (χ0) is 18.8. The first-order chi connectivity index (χ1) is 13.1. The molecule has 0 N–H and O–H groups in total. The van der Waals surface area contributed by atoms with E-state index in [1.165, 1.54) is 0 Å². The molecule has 0 aliphatic carbocycles. The second-order valence-electron chi connectivity index (χ2n) is 6.21. The van der Waals surface area contributed by atoms with Crippen molar-refractivity contribution in [2.24, 2.45) is 4.99 Å². The van der Waals surface area contributed by atoms with Gasteiger partial charge in [0.2, 0.25) is 5.78 Å². The minimum absolute atomic E-state index is 0.185. The molecule has 0 bridgehead atoms. The lowest BCUT2D eigenvalue weighted by molar-refractivity contribution is 0.106. The molecule has 4 aromatic rings. The lowest BCUT2D eigenvalue weighted by Crippen LogP contribution is -2.22. The van der Waals surface area contributed by atoms with Gasteiger partial charge in [-0.25, -0.2) is 9.98 Å². The maximum absolute atomic E-state index is 13.2. The number of aromatic nitrogens is 2. The van der Waals surface area contributed by atoms with Gasteiger partial charge in [-0.1, -0.05) is 59.6 Å². The van der Waals surface area contributed by atoms with Gasteiger partial charge in [-0.15, -0.1) is 0 Å². The zero-order valence-electron chi connectivity index (χ0n) is 14.6. The van der Waals surface area contributed by atoms with Crippen molar-refractivity contribution in [3.8, 4) is 0 Å². The van der Waals surface area contributed by atoms with Crippen LogP contribution in [0.25, 0.3) is 11.0 Å². The summed E-state index contributed by atoms with van der Waals surface area (Å²) in [6.07, 6.45) is 1.61. The number of rotatable bonds is 3. The van der Waals surface area contributed by atoms with Gasteiger partial charge in [0.1, 0.15) is 6.33 Å². The van der Waals surface area contributed by atoms with Crippen molar-refractivity contribution in [1.29, 1.82) is 0 Å². The highest BCUT2D eigenvalue weighted by atomic mass is 35.5. The summed E-state index contributed by atoms with van der Waals surface area (Å²) in [7, 11) is 0. The maximum Gasteiger partial charge on any atom is 0.228 e. The number of imidazole rings is 1. The van der Waals surface area contributed by atoms with E-state index in [0.717, 1.165) is 16.6 Å². The van der Waals surface area contributed by atoms with E-state index >= 15 is 0 Å². The molecule has 0 aliphatic rings. The second-order valence-corrected chi connectivity index (χ2v) is 6.65. The van der Waals surface area contributed by atoms with E-state index in [4.69, 9.17) is 11.6 Å². The van der Waals surface area contributed by atoms with Crippen LogP contribution in [0.5, 0.6) is 0 Å². The number of hydrogen-bond donors (Lipinski definition) is 0. The van der Waals surface area contributed by atoms with Crippen molar-refractivity contribution in [2.75, 3.05) is 0 Å². The fraction of sp³-hybridized carbons (Fsp3) is 0.0455. The van der Waals surface area contributed by atoms with Gasteiger partial charge < -0.3 is 0 Å². The van der Waals surface area contributed by atoms with E-state index in [0.29, 0.717) is 16.3 Å². The molecular formula is C22H16ClN3O. The van der Waals surface area contributed by atoms with E-state index in [1.807, 2.05) is 55.5 Å². The van der Waals surface area contributed by atoms with Crippen LogP contribution in [-0.4, -0.2) is 21.2 Å². The van der Waals surface area contributed by atoms with E-state index < -0.39 is 0 Å². The molecule has 0 saturated heterocycles. The van der Waals surface area contributed by atoms with Crippen molar-refractivity contribution in [3.63, 3.8) is 0 Å². The summed E-state index contributed by atoms with van der Waals surface area (Å²) in [5.41, 5.74) is 3.87. The highest BCUT2D eigenvalue weighted by Gasteiger charge is 2.19. The minimum atomic E-state index is -0.185. The van der Waals surface area contributed by atoms with Crippen molar-refractivity contribution in [2.45, 2.75) is 6.92 Å². The Hall–Kier alpha value is -3.24. The molecule has 0 fully saturated rings. The number of fused-ring (bicyclic) bond motifs is 1. The number of hydrogen-bond acceptors (Lipinski definition) is 3. The number of aliphatic imine (C=N–C) groups is 1. The van der Waals surface area contributed by atoms with Gasteiger partial charge in [0.25, 0.3) is 0 Å². The van der Waals surface area contributed by atoms with Gasteiger partial charge in [-0.05, 0) is 37.3 Å². The Bertz CT molecular complexity index is 1150. The number of nitrogens with zero attached hydrogens (tertiary/aromatic N) is 3. The average Bonchev–Trinajstić information content (AvgIpc) is 3.10. The summed E-state index contributed by atoms with van der Waals surface area (Å²) < 4.78 is 1.69. The van der Waals surface area contributed by atoms with Crippen LogP contribution in [0, 0.1) is 6.92 Å².